The van der Waals surface area contributed by atoms with Crippen LogP contribution in [0.4, 0.5) is 0 Å². The summed E-state index contributed by atoms with van der Waals surface area (Å²) in [4.78, 5) is 0. The topological polar surface area (TPSA) is 73.9 Å². The van der Waals surface area contributed by atoms with Crippen LogP contribution in [-0.4, -0.2) is 12.5 Å². The zero-order valence-corrected chi connectivity index (χ0v) is 9.17. The second kappa shape index (κ2) is 5.36. The summed E-state index contributed by atoms with van der Waals surface area (Å²) in [7, 11) is 0. The zero-order chi connectivity index (χ0) is 11.3. The lowest BCUT2D eigenvalue weighted by Crippen LogP contribution is -2.41. The number of benzene rings is 1. The summed E-state index contributed by atoms with van der Waals surface area (Å²) in [5.74, 6) is 0.258. The van der Waals surface area contributed by atoms with E-state index in [2.05, 4.69) is 10.6 Å². The standard InChI is InChI=1S/C11H18N4/c1-3-14-11(13)15-10(12)9-7-5-4-6-8(9)2/h4-7,10H,3,12H2,1-2H3,(H3,13,14,15)/t10-/m0/s1. The van der Waals surface area contributed by atoms with Crippen LogP contribution in [0.2, 0.25) is 0 Å². The van der Waals surface area contributed by atoms with E-state index in [1.54, 1.807) is 0 Å². The third-order valence-electron chi connectivity index (χ3n) is 2.18. The van der Waals surface area contributed by atoms with Crippen molar-refractivity contribution in [3.63, 3.8) is 0 Å². The van der Waals surface area contributed by atoms with Crippen LogP contribution < -0.4 is 16.4 Å². The minimum Gasteiger partial charge on any atom is -0.357 e. The highest BCUT2D eigenvalue weighted by Gasteiger charge is 2.08. The molecule has 82 valence electrons. The highest BCUT2D eigenvalue weighted by Crippen LogP contribution is 2.12. The average Bonchev–Trinajstić information content (AvgIpc) is 2.18. The Balaban J connectivity index is 2.65. The number of hydrogen-bond acceptors (Lipinski definition) is 2. The van der Waals surface area contributed by atoms with Crippen LogP contribution in [0.15, 0.2) is 24.3 Å². The second-order valence-electron chi connectivity index (χ2n) is 3.38. The molecule has 0 saturated heterocycles. The van der Waals surface area contributed by atoms with E-state index < -0.39 is 0 Å². The highest BCUT2D eigenvalue weighted by atomic mass is 15.2. The number of aryl methyl sites for hydroxylation is 1. The summed E-state index contributed by atoms with van der Waals surface area (Å²) in [5, 5.41) is 13.3. The Morgan fingerprint density at radius 2 is 2.13 bits per heavy atom. The number of nitrogens with two attached hydrogens (primary N) is 1. The van der Waals surface area contributed by atoms with Gasteiger partial charge in [-0.15, -0.1) is 0 Å². The van der Waals surface area contributed by atoms with Gasteiger partial charge in [-0.2, -0.15) is 0 Å². The van der Waals surface area contributed by atoms with Crippen LogP contribution >= 0.6 is 0 Å². The van der Waals surface area contributed by atoms with E-state index in [-0.39, 0.29) is 12.1 Å². The van der Waals surface area contributed by atoms with Gasteiger partial charge in [-0.3, -0.25) is 5.41 Å². The Hall–Kier alpha value is -1.55. The van der Waals surface area contributed by atoms with Crippen LogP contribution in [0.3, 0.4) is 0 Å². The Morgan fingerprint density at radius 1 is 1.47 bits per heavy atom. The lowest BCUT2D eigenvalue weighted by molar-refractivity contribution is 0.654. The van der Waals surface area contributed by atoms with Crippen molar-refractivity contribution in [2.45, 2.75) is 20.0 Å². The minimum atomic E-state index is -0.335. The van der Waals surface area contributed by atoms with E-state index in [0.717, 1.165) is 11.1 Å². The van der Waals surface area contributed by atoms with Crippen molar-refractivity contribution in [2.24, 2.45) is 5.73 Å². The Kier molecular flexibility index (Phi) is 4.12. The van der Waals surface area contributed by atoms with Gasteiger partial charge in [-0.25, -0.2) is 0 Å². The normalized spacial score (nSPS) is 11.9. The van der Waals surface area contributed by atoms with Gasteiger partial charge < -0.3 is 16.4 Å². The van der Waals surface area contributed by atoms with Crippen molar-refractivity contribution in [1.29, 1.82) is 5.41 Å². The van der Waals surface area contributed by atoms with E-state index in [1.165, 1.54) is 0 Å². The molecule has 1 aromatic carbocycles. The molecular weight excluding hydrogens is 188 g/mol. The molecule has 15 heavy (non-hydrogen) atoms. The molecule has 0 fully saturated rings. The molecule has 0 aliphatic carbocycles. The number of nitrogens with one attached hydrogen (secondary N) is 3. The Bertz CT molecular complexity index is 335. The zero-order valence-electron chi connectivity index (χ0n) is 9.17. The lowest BCUT2D eigenvalue weighted by atomic mass is 10.1. The van der Waals surface area contributed by atoms with Gasteiger partial charge >= 0.3 is 0 Å². The van der Waals surface area contributed by atoms with Crippen molar-refractivity contribution < 1.29 is 0 Å². The largest absolute Gasteiger partial charge is 0.357 e. The summed E-state index contributed by atoms with van der Waals surface area (Å²) < 4.78 is 0. The van der Waals surface area contributed by atoms with E-state index in [9.17, 15) is 0 Å². The molecule has 0 spiro atoms. The smallest absolute Gasteiger partial charge is 0.189 e. The van der Waals surface area contributed by atoms with E-state index in [4.69, 9.17) is 11.1 Å². The molecule has 1 aromatic rings. The van der Waals surface area contributed by atoms with Crippen LogP contribution in [0.5, 0.6) is 0 Å². The fraction of sp³-hybridized carbons (Fsp3) is 0.364. The third-order valence-corrected chi connectivity index (χ3v) is 2.18. The molecule has 0 aliphatic rings. The molecule has 0 aromatic heterocycles. The molecule has 4 nitrogen and oxygen atoms in total. The van der Waals surface area contributed by atoms with Gasteiger partial charge in [0.1, 0.15) is 6.17 Å². The molecule has 1 rings (SSSR count). The van der Waals surface area contributed by atoms with E-state index >= 15 is 0 Å². The monoisotopic (exact) mass is 206 g/mol. The first kappa shape index (κ1) is 11.5. The first-order valence-corrected chi connectivity index (χ1v) is 5.05. The molecule has 4 heteroatoms. The summed E-state index contributed by atoms with van der Waals surface area (Å²) in [6.45, 7) is 4.66. The average molecular weight is 206 g/mol. The fourth-order valence-corrected chi connectivity index (χ4v) is 1.40. The van der Waals surface area contributed by atoms with Crippen LogP contribution in [0.25, 0.3) is 0 Å². The minimum absolute atomic E-state index is 0.258. The molecule has 0 amide bonds. The maximum absolute atomic E-state index is 7.54. The predicted molar refractivity (Wildman–Crippen MR) is 62.6 cm³/mol. The van der Waals surface area contributed by atoms with Crippen LogP contribution in [0.1, 0.15) is 24.2 Å². The number of guanidine groups is 1. The quantitative estimate of drug-likeness (QED) is 0.340. The SMILES string of the molecule is CCNC(=N)N[C@H](N)c1ccccc1C. The van der Waals surface area contributed by atoms with E-state index in [1.807, 2.05) is 38.1 Å². The molecule has 0 bridgehead atoms. The molecule has 0 radical (unpaired) electrons. The molecule has 0 heterocycles. The summed E-state index contributed by atoms with van der Waals surface area (Å²) in [5.41, 5.74) is 8.08. The summed E-state index contributed by atoms with van der Waals surface area (Å²) >= 11 is 0. The fourth-order valence-electron chi connectivity index (χ4n) is 1.40. The van der Waals surface area contributed by atoms with Crippen molar-refractivity contribution in [3.8, 4) is 0 Å². The molecule has 1 atom stereocenters. The van der Waals surface area contributed by atoms with E-state index in [0.29, 0.717) is 6.54 Å². The lowest BCUT2D eigenvalue weighted by Gasteiger charge is -2.18. The maximum Gasteiger partial charge on any atom is 0.189 e. The van der Waals surface area contributed by atoms with Crippen molar-refractivity contribution in [2.75, 3.05) is 6.54 Å². The van der Waals surface area contributed by atoms with Gasteiger partial charge in [0.25, 0.3) is 0 Å². The number of hydrogen-bond donors (Lipinski definition) is 4. The Labute approximate surface area is 90.4 Å². The first-order valence-electron chi connectivity index (χ1n) is 5.05. The Morgan fingerprint density at radius 3 is 2.73 bits per heavy atom. The van der Waals surface area contributed by atoms with Crippen LogP contribution in [-0.2, 0) is 0 Å². The first-order chi connectivity index (χ1) is 7.15. The molecule has 0 aliphatic heterocycles. The summed E-state index contributed by atoms with van der Waals surface area (Å²) in [6.07, 6.45) is -0.335. The van der Waals surface area contributed by atoms with Gasteiger partial charge in [0.2, 0.25) is 0 Å². The molecule has 0 unspecified atom stereocenters. The molecule has 5 N–H and O–H groups in total. The van der Waals surface area contributed by atoms with Gasteiger partial charge in [-0.05, 0) is 25.0 Å². The highest BCUT2D eigenvalue weighted by molar-refractivity contribution is 5.76. The van der Waals surface area contributed by atoms with Crippen molar-refractivity contribution in [1.82, 2.24) is 10.6 Å². The third kappa shape index (κ3) is 3.25. The molecule has 0 saturated carbocycles. The van der Waals surface area contributed by atoms with Crippen molar-refractivity contribution >= 4 is 5.96 Å². The predicted octanol–water partition coefficient (Wildman–Crippen LogP) is 1.09. The van der Waals surface area contributed by atoms with Gasteiger partial charge in [-0.1, -0.05) is 24.3 Å². The maximum atomic E-state index is 7.54. The van der Waals surface area contributed by atoms with Crippen LogP contribution in [0, 0.1) is 12.3 Å². The summed E-state index contributed by atoms with van der Waals surface area (Å²) in [6, 6.07) is 7.89. The number of rotatable bonds is 3. The van der Waals surface area contributed by atoms with Gasteiger partial charge in [0.05, 0.1) is 0 Å². The second-order valence-corrected chi connectivity index (χ2v) is 3.38. The van der Waals surface area contributed by atoms with Crippen molar-refractivity contribution in [3.05, 3.63) is 35.4 Å². The molecular formula is C11H18N4. The van der Waals surface area contributed by atoms with Gasteiger partial charge in [0, 0.05) is 6.54 Å². The van der Waals surface area contributed by atoms with Gasteiger partial charge in [0.15, 0.2) is 5.96 Å².